The van der Waals surface area contributed by atoms with Crippen LogP contribution in [0.3, 0.4) is 0 Å². The zero-order valence-corrected chi connectivity index (χ0v) is 10.4. The van der Waals surface area contributed by atoms with Crippen molar-refractivity contribution < 1.29 is 0 Å². The summed E-state index contributed by atoms with van der Waals surface area (Å²) in [4.78, 5) is 0. The van der Waals surface area contributed by atoms with Crippen LogP contribution in [0.25, 0.3) is 0 Å². The highest BCUT2D eigenvalue weighted by atomic mass is 14.8. The van der Waals surface area contributed by atoms with Gasteiger partial charge in [-0.15, -0.1) is 0 Å². The standard InChI is InChI=1S/C14H21N3.CH4/c1-17-13-6-4-11(5-7-13)12-3-2-10(8-12)9-14(15)16;/h4-7,10,12,17H,2-3,8-9H2,1H3,(H3,15,16);1H4. The molecule has 0 aliphatic heterocycles. The number of nitrogens with one attached hydrogen (secondary N) is 2. The van der Waals surface area contributed by atoms with Crippen molar-refractivity contribution in [2.45, 2.75) is 39.0 Å². The van der Waals surface area contributed by atoms with Gasteiger partial charge < -0.3 is 11.1 Å². The smallest absolute Gasteiger partial charge is 0.0908 e. The van der Waals surface area contributed by atoms with Crippen LogP contribution in [0.4, 0.5) is 5.69 Å². The fourth-order valence-electron chi connectivity index (χ4n) is 2.80. The zero-order valence-electron chi connectivity index (χ0n) is 10.4. The molecule has 18 heavy (non-hydrogen) atoms. The number of hydrogen-bond acceptors (Lipinski definition) is 2. The highest BCUT2D eigenvalue weighted by Crippen LogP contribution is 2.39. The lowest BCUT2D eigenvalue weighted by Crippen LogP contribution is -2.13. The monoisotopic (exact) mass is 247 g/mol. The molecule has 3 nitrogen and oxygen atoms in total. The van der Waals surface area contributed by atoms with Crippen LogP contribution in [-0.4, -0.2) is 12.9 Å². The highest BCUT2D eigenvalue weighted by Gasteiger charge is 2.26. The molecule has 0 saturated heterocycles. The predicted molar refractivity (Wildman–Crippen MR) is 79.3 cm³/mol. The molecule has 1 fully saturated rings. The van der Waals surface area contributed by atoms with E-state index in [2.05, 4.69) is 29.6 Å². The Morgan fingerprint density at radius 1 is 1.33 bits per heavy atom. The first-order valence-corrected chi connectivity index (χ1v) is 6.29. The summed E-state index contributed by atoms with van der Waals surface area (Å²) in [6, 6.07) is 8.70. The highest BCUT2D eigenvalue weighted by molar-refractivity contribution is 5.77. The van der Waals surface area contributed by atoms with Crippen molar-refractivity contribution in [1.82, 2.24) is 0 Å². The predicted octanol–water partition coefficient (Wildman–Crippen LogP) is 3.57. The molecular formula is C15H25N3. The van der Waals surface area contributed by atoms with Crippen molar-refractivity contribution in [2.24, 2.45) is 11.7 Å². The van der Waals surface area contributed by atoms with Crippen molar-refractivity contribution in [3.8, 4) is 0 Å². The van der Waals surface area contributed by atoms with Crippen LogP contribution < -0.4 is 11.1 Å². The van der Waals surface area contributed by atoms with Crippen LogP contribution in [-0.2, 0) is 0 Å². The molecular weight excluding hydrogens is 222 g/mol. The molecule has 3 heteroatoms. The van der Waals surface area contributed by atoms with E-state index in [1.54, 1.807) is 0 Å². The van der Waals surface area contributed by atoms with Crippen LogP contribution in [0.15, 0.2) is 24.3 Å². The average Bonchev–Trinajstić information content (AvgIpc) is 2.77. The van der Waals surface area contributed by atoms with Gasteiger partial charge in [0.1, 0.15) is 0 Å². The number of hydrogen-bond donors (Lipinski definition) is 3. The van der Waals surface area contributed by atoms with E-state index < -0.39 is 0 Å². The molecule has 2 rings (SSSR count). The van der Waals surface area contributed by atoms with Crippen molar-refractivity contribution in [3.63, 3.8) is 0 Å². The van der Waals surface area contributed by atoms with Gasteiger partial charge in [0, 0.05) is 19.2 Å². The summed E-state index contributed by atoms with van der Waals surface area (Å²) in [5.74, 6) is 1.60. The second-order valence-electron chi connectivity index (χ2n) is 4.98. The lowest BCUT2D eigenvalue weighted by atomic mass is 9.95. The van der Waals surface area contributed by atoms with E-state index in [4.69, 9.17) is 11.1 Å². The molecule has 0 bridgehead atoms. The lowest BCUT2D eigenvalue weighted by Gasteiger charge is -2.12. The first-order chi connectivity index (χ1) is 8.19. The first kappa shape index (κ1) is 14.6. The van der Waals surface area contributed by atoms with Gasteiger partial charge in [-0.25, -0.2) is 0 Å². The molecule has 0 amide bonds. The SMILES string of the molecule is C.CNc1ccc(C2CCC(CC(=N)N)C2)cc1. The van der Waals surface area contributed by atoms with Gasteiger partial charge in [-0.2, -0.15) is 0 Å². The summed E-state index contributed by atoms with van der Waals surface area (Å²) in [6.07, 6.45) is 4.39. The van der Waals surface area contributed by atoms with Crippen molar-refractivity contribution in [1.29, 1.82) is 5.41 Å². The summed E-state index contributed by atoms with van der Waals surface area (Å²) in [5, 5.41) is 10.5. The van der Waals surface area contributed by atoms with E-state index in [1.165, 1.54) is 24.8 Å². The van der Waals surface area contributed by atoms with Gasteiger partial charge in [-0.05, 0) is 48.8 Å². The molecule has 4 N–H and O–H groups in total. The number of anilines is 1. The third kappa shape index (κ3) is 3.49. The lowest BCUT2D eigenvalue weighted by molar-refractivity contribution is 0.558. The van der Waals surface area contributed by atoms with Crippen LogP contribution in [0.5, 0.6) is 0 Å². The third-order valence-electron chi connectivity index (χ3n) is 3.72. The summed E-state index contributed by atoms with van der Waals surface area (Å²) < 4.78 is 0. The Hall–Kier alpha value is -1.51. The molecule has 0 radical (unpaired) electrons. The van der Waals surface area contributed by atoms with Crippen molar-refractivity contribution >= 4 is 11.5 Å². The van der Waals surface area contributed by atoms with E-state index in [0.717, 1.165) is 12.1 Å². The van der Waals surface area contributed by atoms with Crippen molar-refractivity contribution in [3.05, 3.63) is 29.8 Å². The van der Waals surface area contributed by atoms with Crippen LogP contribution >= 0.6 is 0 Å². The van der Waals surface area contributed by atoms with Gasteiger partial charge in [0.25, 0.3) is 0 Å². The summed E-state index contributed by atoms with van der Waals surface area (Å²) >= 11 is 0. The molecule has 1 saturated carbocycles. The maximum absolute atomic E-state index is 7.35. The van der Waals surface area contributed by atoms with Gasteiger partial charge in [-0.1, -0.05) is 19.6 Å². The maximum Gasteiger partial charge on any atom is 0.0908 e. The largest absolute Gasteiger partial charge is 0.388 e. The third-order valence-corrected chi connectivity index (χ3v) is 3.72. The van der Waals surface area contributed by atoms with Gasteiger partial charge >= 0.3 is 0 Å². The van der Waals surface area contributed by atoms with Crippen LogP contribution in [0, 0.1) is 11.3 Å². The minimum absolute atomic E-state index is 0. The Morgan fingerprint density at radius 2 is 2.00 bits per heavy atom. The summed E-state index contributed by atoms with van der Waals surface area (Å²) in [6.45, 7) is 0. The summed E-state index contributed by atoms with van der Waals surface area (Å²) in [7, 11) is 1.94. The second kappa shape index (κ2) is 6.43. The average molecular weight is 247 g/mol. The molecule has 1 aromatic carbocycles. The Balaban J connectivity index is 0.00000162. The number of rotatable bonds is 4. The maximum atomic E-state index is 7.35. The zero-order chi connectivity index (χ0) is 12.3. The second-order valence-corrected chi connectivity index (χ2v) is 4.98. The molecule has 1 aliphatic carbocycles. The van der Waals surface area contributed by atoms with Gasteiger partial charge in [0.05, 0.1) is 5.84 Å². The molecule has 2 unspecified atom stereocenters. The van der Waals surface area contributed by atoms with Crippen LogP contribution in [0.2, 0.25) is 0 Å². The van der Waals surface area contributed by atoms with Gasteiger partial charge in [-0.3, -0.25) is 5.41 Å². The normalized spacial score (nSPS) is 22.3. The topological polar surface area (TPSA) is 61.9 Å². The Morgan fingerprint density at radius 3 is 2.56 bits per heavy atom. The van der Waals surface area contributed by atoms with Gasteiger partial charge in [0.15, 0.2) is 0 Å². The molecule has 2 atom stereocenters. The number of nitrogens with two attached hydrogens (primary N) is 1. The van der Waals surface area contributed by atoms with E-state index in [9.17, 15) is 0 Å². The molecule has 0 aromatic heterocycles. The fourth-order valence-corrected chi connectivity index (χ4v) is 2.80. The summed E-state index contributed by atoms with van der Waals surface area (Å²) in [5.41, 5.74) is 8.05. The van der Waals surface area contributed by atoms with Crippen molar-refractivity contribution in [2.75, 3.05) is 12.4 Å². The Bertz CT molecular complexity index is 383. The quantitative estimate of drug-likeness (QED) is 0.562. The van der Waals surface area contributed by atoms with E-state index in [-0.39, 0.29) is 7.43 Å². The Kier molecular flexibility index (Phi) is 5.20. The Labute approximate surface area is 110 Å². The fraction of sp³-hybridized carbons (Fsp3) is 0.533. The molecule has 1 aromatic rings. The van der Waals surface area contributed by atoms with E-state index >= 15 is 0 Å². The minimum Gasteiger partial charge on any atom is -0.388 e. The molecule has 0 heterocycles. The first-order valence-electron chi connectivity index (χ1n) is 6.29. The minimum atomic E-state index is 0. The van der Waals surface area contributed by atoms with Crippen LogP contribution in [0.1, 0.15) is 44.6 Å². The molecule has 0 spiro atoms. The molecule has 100 valence electrons. The molecule has 1 aliphatic rings. The van der Waals surface area contributed by atoms with E-state index in [1.807, 2.05) is 7.05 Å². The number of benzene rings is 1. The van der Waals surface area contributed by atoms with Gasteiger partial charge in [0.2, 0.25) is 0 Å². The van der Waals surface area contributed by atoms with E-state index in [0.29, 0.717) is 17.7 Å². The number of amidine groups is 1.